The maximum absolute atomic E-state index is 12.7. The molecule has 6 heteroatoms. The van der Waals surface area contributed by atoms with Gasteiger partial charge in [0.2, 0.25) is 12.7 Å². The van der Waals surface area contributed by atoms with E-state index in [4.69, 9.17) is 14.2 Å². The Hall–Kier alpha value is -2.99. The summed E-state index contributed by atoms with van der Waals surface area (Å²) in [6, 6.07) is 10.1. The smallest absolute Gasteiger partial charge is 0.246 e. The lowest BCUT2D eigenvalue weighted by molar-refractivity contribution is -0.127. The zero-order valence-electron chi connectivity index (χ0n) is 17.8. The number of methoxy groups -OCH3 is 1. The molecule has 1 amide bonds. The monoisotopic (exact) mass is 408 g/mol. The molecule has 0 aliphatic carbocycles. The highest BCUT2D eigenvalue weighted by molar-refractivity contribution is 5.92. The quantitative estimate of drug-likeness (QED) is 0.710. The van der Waals surface area contributed by atoms with Gasteiger partial charge in [0, 0.05) is 38.8 Å². The van der Waals surface area contributed by atoms with Gasteiger partial charge in [0.05, 0.1) is 7.11 Å². The van der Waals surface area contributed by atoms with Gasteiger partial charge in [-0.2, -0.15) is 0 Å². The van der Waals surface area contributed by atoms with Gasteiger partial charge in [-0.1, -0.05) is 6.07 Å². The predicted molar refractivity (Wildman–Crippen MR) is 116 cm³/mol. The lowest BCUT2D eigenvalue weighted by Crippen LogP contribution is -2.47. The van der Waals surface area contributed by atoms with E-state index in [9.17, 15) is 4.79 Å². The van der Waals surface area contributed by atoms with Crippen molar-refractivity contribution in [2.75, 3.05) is 40.1 Å². The van der Waals surface area contributed by atoms with Gasteiger partial charge in [0.25, 0.3) is 0 Å². The Balaban J connectivity index is 1.32. The highest BCUT2D eigenvalue weighted by Crippen LogP contribution is 2.32. The minimum Gasteiger partial charge on any atom is -0.497 e. The van der Waals surface area contributed by atoms with Gasteiger partial charge in [-0.05, 0) is 66.4 Å². The second kappa shape index (κ2) is 8.79. The second-order valence-corrected chi connectivity index (χ2v) is 7.80. The van der Waals surface area contributed by atoms with Crippen LogP contribution in [-0.2, 0) is 11.3 Å². The Morgan fingerprint density at radius 3 is 2.43 bits per heavy atom. The van der Waals surface area contributed by atoms with E-state index in [1.807, 2.05) is 49.1 Å². The van der Waals surface area contributed by atoms with Crippen molar-refractivity contribution in [3.05, 3.63) is 58.7 Å². The Morgan fingerprint density at radius 2 is 1.73 bits per heavy atom. The van der Waals surface area contributed by atoms with E-state index in [1.165, 1.54) is 5.56 Å². The van der Waals surface area contributed by atoms with Crippen LogP contribution in [0.1, 0.15) is 22.3 Å². The maximum Gasteiger partial charge on any atom is 0.246 e. The summed E-state index contributed by atoms with van der Waals surface area (Å²) >= 11 is 0. The van der Waals surface area contributed by atoms with Gasteiger partial charge >= 0.3 is 0 Å². The van der Waals surface area contributed by atoms with Crippen molar-refractivity contribution in [3.63, 3.8) is 0 Å². The van der Waals surface area contributed by atoms with Gasteiger partial charge in [-0.25, -0.2) is 0 Å². The Kier molecular flexibility index (Phi) is 5.95. The molecule has 30 heavy (non-hydrogen) atoms. The highest BCUT2D eigenvalue weighted by atomic mass is 16.7. The number of fused-ring (bicyclic) bond motifs is 1. The number of nitrogens with zero attached hydrogens (tertiary/aromatic N) is 2. The lowest BCUT2D eigenvalue weighted by Gasteiger charge is -2.34. The van der Waals surface area contributed by atoms with Crippen molar-refractivity contribution >= 4 is 12.0 Å². The molecule has 4 rings (SSSR count). The standard InChI is InChI=1S/C24H28N2O4/c1-17-12-20(28-3)13-18(2)21(17)5-7-24(27)26-10-8-25(9-11-26)15-19-4-6-22-23(14-19)30-16-29-22/h4-7,12-14H,8-11,15-16H2,1-3H3/b7-5+. The van der Waals surface area contributed by atoms with Crippen LogP contribution in [0.4, 0.5) is 0 Å². The zero-order chi connectivity index (χ0) is 21.1. The molecule has 0 unspecified atom stereocenters. The van der Waals surface area contributed by atoms with Crippen LogP contribution in [0.3, 0.4) is 0 Å². The van der Waals surface area contributed by atoms with Crippen LogP contribution in [0, 0.1) is 13.8 Å². The van der Waals surface area contributed by atoms with Crippen LogP contribution in [0.5, 0.6) is 17.2 Å². The fourth-order valence-corrected chi connectivity index (χ4v) is 4.00. The largest absolute Gasteiger partial charge is 0.497 e. The fourth-order valence-electron chi connectivity index (χ4n) is 4.00. The summed E-state index contributed by atoms with van der Waals surface area (Å²) in [7, 11) is 1.67. The van der Waals surface area contributed by atoms with Crippen molar-refractivity contribution in [2.45, 2.75) is 20.4 Å². The van der Waals surface area contributed by atoms with Crippen molar-refractivity contribution in [3.8, 4) is 17.2 Å². The summed E-state index contributed by atoms with van der Waals surface area (Å²) in [6.45, 7) is 8.39. The topological polar surface area (TPSA) is 51.2 Å². The first kappa shape index (κ1) is 20.3. The van der Waals surface area contributed by atoms with Gasteiger partial charge in [-0.3, -0.25) is 9.69 Å². The number of rotatable bonds is 5. The third kappa shape index (κ3) is 4.44. The van der Waals surface area contributed by atoms with Gasteiger partial charge in [0.15, 0.2) is 11.5 Å². The van der Waals surface area contributed by atoms with Crippen LogP contribution in [0.25, 0.3) is 6.08 Å². The summed E-state index contributed by atoms with van der Waals surface area (Å²) in [5, 5.41) is 0. The number of benzene rings is 2. The summed E-state index contributed by atoms with van der Waals surface area (Å²) in [5.41, 5.74) is 4.48. The van der Waals surface area contributed by atoms with Gasteiger partial charge < -0.3 is 19.1 Å². The van der Waals surface area contributed by atoms with E-state index >= 15 is 0 Å². The molecule has 1 saturated heterocycles. The number of carbonyl (C=O) groups excluding carboxylic acids is 1. The van der Waals surface area contributed by atoms with Crippen LogP contribution < -0.4 is 14.2 Å². The van der Waals surface area contributed by atoms with Crippen molar-refractivity contribution in [1.29, 1.82) is 0 Å². The molecular weight excluding hydrogens is 380 g/mol. The molecule has 2 aliphatic heterocycles. The SMILES string of the molecule is COc1cc(C)c(/C=C/C(=O)N2CCN(Cc3ccc4c(c3)OCO4)CC2)c(C)c1. The molecule has 2 heterocycles. The fraction of sp³-hybridized carbons (Fsp3) is 0.375. The van der Waals surface area contributed by atoms with E-state index in [2.05, 4.69) is 11.0 Å². The number of hydrogen-bond acceptors (Lipinski definition) is 5. The minimum atomic E-state index is 0.0624. The first-order chi connectivity index (χ1) is 14.5. The van der Waals surface area contributed by atoms with E-state index < -0.39 is 0 Å². The van der Waals surface area contributed by atoms with E-state index in [1.54, 1.807) is 13.2 Å². The maximum atomic E-state index is 12.7. The van der Waals surface area contributed by atoms with Crippen molar-refractivity contribution in [2.24, 2.45) is 0 Å². The molecule has 2 aliphatic rings. The molecule has 0 bridgehead atoms. The normalized spacial score (nSPS) is 16.3. The second-order valence-electron chi connectivity index (χ2n) is 7.80. The number of ether oxygens (including phenoxy) is 3. The first-order valence-corrected chi connectivity index (χ1v) is 10.3. The number of hydrogen-bond donors (Lipinski definition) is 0. The molecular formula is C24H28N2O4. The average Bonchev–Trinajstić information content (AvgIpc) is 3.21. The summed E-state index contributed by atoms with van der Waals surface area (Å²) < 4.78 is 16.1. The van der Waals surface area contributed by atoms with Gasteiger partial charge in [-0.15, -0.1) is 0 Å². The van der Waals surface area contributed by atoms with E-state index in [0.29, 0.717) is 6.79 Å². The van der Waals surface area contributed by atoms with Crippen LogP contribution >= 0.6 is 0 Å². The Morgan fingerprint density at radius 1 is 1.03 bits per heavy atom. The predicted octanol–water partition coefficient (Wildman–Crippen LogP) is 3.40. The number of piperazine rings is 1. The molecule has 0 aromatic heterocycles. The van der Waals surface area contributed by atoms with Crippen LogP contribution in [0.2, 0.25) is 0 Å². The van der Waals surface area contributed by atoms with Crippen molar-refractivity contribution in [1.82, 2.24) is 9.80 Å². The molecule has 0 radical (unpaired) electrons. The van der Waals surface area contributed by atoms with E-state index in [-0.39, 0.29) is 5.91 Å². The summed E-state index contributed by atoms with van der Waals surface area (Å²) in [4.78, 5) is 17.0. The average molecular weight is 408 g/mol. The molecule has 6 nitrogen and oxygen atoms in total. The molecule has 0 atom stereocenters. The molecule has 2 aromatic carbocycles. The van der Waals surface area contributed by atoms with E-state index in [0.717, 1.165) is 66.7 Å². The zero-order valence-corrected chi connectivity index (χ0v) is 17.8. The lowest BCUT2D eigenvalue weighted by atomic mass is 10.0. The van der Waals surface area contributed by atoms with Crippen LogP contribution in [0.15, 0.2) is 36.4 Å². The number of carbonyl (C=O) groups is 1. The number of aryl methyl sites for hydroxylation is 2. The Bertz CT molecular complexity index is 939. The van der Waals surface area contributed by atoms with Gasteiger partial charge in [0.1, 0.15) is 5.75 Å². The molecule has 0 spiro atoms. The summed E-state index contributed by atoms with van der Waals surface area (Å²) in [6.07, 6.45) is 3.61. The Labute approximate surface area is 177 Å². The molecule has 158 valence electrons. The first-order valence-electron chi connectivity index (χ1n) is 10.3. The molecule has 0 N–H and O–H groups in total. The molecule has 0 saturated carbocycles. The summed E-state index contributed by atoms with van der Waals surface area (Å²) in [5.74, 6) is 2.53. The molecule has 2 aromatic rings. The highest BCUT2D eigenvalue weighted by Gasteiger charge is 2.21. The number of amides is 1. The third-order valence-electron chi connectivity index (χ3n) is 5.72. The minimum absolute atomic E-state index is 0.0624. The molecule has 1 fully saturated rings. The van der Waals surface area contributed by atoms with Crippen molar-refractivity contribution < 1.29 is 19.0 Å². The third-order valence-corrected chi connectivity index (χ3v) is 5.72. The van der Waals surface area contributed by atoms with Crippen LogP contribution in [-0.4, -0.2) is 55.8 Å².